The maximum Gasteiger partial charge on any atom is 0.335 e. The van der Waals surface area contributed by atoms with Crippen molar-refractivity contribution in [2.45, 2.75) is 55.4 Å². The molecule has 1 spiro atoms. The lowest BCUT2D eigenvalue weighted by molar-refractivity contribution is 0.0288. The molecule has 166 valence electrons. The van der Waals surface area contributed by atoms with Gasteiger partial charge < -0.3 is 9.84 Å². The summed E-state index contributed by atoms with van der Waals surface area (Å²) in [6, 6.07) is 8.98. The highest BCUT2D eigenvalue weighted by Gasteiger charge is 2.57. The fourth-order valence-corrected chi connectivity index (χ4v) is 5.97. The first kappa shape index (κ1) is 21.1. The molecule has 0 bridgehead atoms. The van der Waals surface area contributed by atoms with E-state index in [1.807, 2.05) is 6.07 Å². The fourth-order valence-electron chi connectivity index (χ4n) is 4.39. The van der Waals surface area contributed by atoms with E-state index in [9.17, 15) is 23.6 Å². The van der Waals surface area contributed by atoms with Crippen LogP contribution in [0.4, 0.5) is 5.69 Å². The van der Waals surface area contributed by atoms with Crippen molar-refractivity contribution in [3.63, 3.8) is 0 Å². The predicted octanol–water partition coefficient (Wildman–Crippen LogP) is 4.91. The van der Waals surface area contributed by atoms with E-state index in [0.29, 0.717) is 5.56 Å². The molecule has 1 atom stereocenters. The minimum atomic E-state index is -4.15. The van der Waals surface area contributed by atoms with Gasteiger partial charge in [0, 0.05) is 11.5 Å². The van der Waals surface area contributed by atoms with Crippen LogP contribution in [0.1, 0.15) is 65.9 Å². The summed E-state index contributed by atoms with van der Waals surface area (Å²) in [5, 5.41) is 18.9. The van der Waals surface area contributed by atoms with E-state index in [1.165, 1.54) is 24.3 Å². The Bertz CT molecular complexity index is 1280. The first-order valence-electron chi connectivity index (χ1n) is 10.5. The van der Waals surface area contributed by atoms with Crippen LogP contribution in [0, 0.1) is 16.7 Å². The normalized spacial score (nSPS) is 20.8. The van der Waals surface area contributed by atoms with Crippen molar-refractivity contribution in [1.82, 2.24) is 0 Å². The van der Waals surface area contributed by atoms with Crippen LogP contribution in [0.3, 0.4) is 0 Å². The molecule has 3 fully saturated rings. The number of anilines is 1. The molecule has 0 aromatic heterocycles. The number of rotatable bonds is 7. The van der Waals surface area contributed by atoms with Crippen LogP contribution in [-0.4, -0.2) is 25.6 Å². The summed E-state index contributed by atoms with van der Waals surface area (Å²) in [6.45, 7) is 0. The third-order valence-corrected chi connectivity index (χ3v) is 8.48. The van der Waals surface area contributed by atoms with Gasteiger partial charge in [-0.25, -0.2) is 13.2 Å². The van der Waals surface area contributed by atoms with Crippen LogP contribution < -0.4 is 9.46 Å². The zero-order chi connectivity index (χ0) is 22.7. The van der Waals surface area contributed by atoms with E-state index in [0.717, 1.165) is 38.5 Å². The van der Waals surface area contributed by atoms with Crippen molar-refractivity contribution < 1.29 is 23.1 Å². The van der Waals surface area contributed by atoms with Gasteiger partial charge in [-0.15, -0.1) is 0 Å². The van der Waals surface area contributed by atoms with Gasteiger partial charge in [-0.05, 0) is 68.2 Å². The smallest absolute Gasteiger partial charge is 0.335 e. The Balaban J connectivity index is 1.53. The molecular weight excluding hydrogens is 452 g/mol. The number of aromatic carboxylic acids is 1. The lowest BCUT2D eigenvalue weighted by Crippen LogP contribution is -2.38. The van der Waals surface area contributed by atoms with Crippen LogP contribution in [0.25, 0.3) is 0 Å². The van der Waals surface area contributed by atoms with Gasteiger partial charge in [0.05, 0.1) is 26.7 Å². The minimum Gasteiger partial charge on any atom is -0.488 e. The number of halogens is 1. The largest absolute Gasteiger partial charge is 0.488 e. The van der Waals surface area contributed by atoms with Gasteiger partial charge in [0.1, 0.15) is 17.9 Å². The molecule has 1 unspecified atom stereocenters. The molecule has 7 nitrogen and oxygen atoms in total. The quantitative estimate of drug-likeness (QED) is 0.591. The Labute approximate surface area is 191 Å². The van der Waals surface area contributed by atoms with Crippen molar-refractivity contribution in [2.75, 3.05) is 4.72 Å². The van der Waals surface area contributed by atoms with E-state index in [4.69, 9.17) is 16.3 Å². The summed E-state index contributed by atoms with van der Waals surface area (Å²) in [6.07, 6.45) is 5.86. The Morgan fingerprint density at radius 3 is 2.50 bits per heavy atom. The summed E-state index contributed by atoms with van der Waals surface area (Å²) in [7, 11) is -4.15. The SMILES string of the molecule is N#Cc1cc(NS(=O)(=O)c2cc(C(=O)O)ccc2C2CC2)c(OC2CCC23CC3)cc1Cl. The van der Waals surface area contributed by atoms with E-state index >= 15 is 0 Å². The zero-order valence-corrected chi connectivity index (χ0v) is 18.7. The highest BCUT2D eigenvalue weighted by Crippen LogP contribution is 2.62. The molecule has 5 rings (SSSR count). The monoisotopic (exact) mass is 472 g/mol. The molecule has 0 amide bonds. The molecule has 0 radical (unpaired) electrons. The molecule has 0 heterocycles. The summed E-state index contributed by atoms with van der Waals surface area (Å²) in [5.41, 5.74) is 0.913. The number of benzene rings is 2. The standard InChI is InChI=1S/C23H21ClN2O5S/c24-17-11-19(31-21-5-6-23(21)7-8-23)18(9-15(17)12-25)26-32(29,30)20-10-14(22(27)28)3-4-16(20)13-1-2-13/h3-4,9-11,13,21,26H,1-2,5-8H2,(H,27,28). The Morgan fingerprint density at radius 1 is 1.19 bits per heavy atom. The number of carboxylic acid groups (broad SMARTS) is 1. The molecule has 3 aliphatic carbocycles. The van der Waals surface area contributed by atoms with Gasteiger partial charge in [0.2, 0.25) is 0 Å². The average Bonchev–Trinajstić information content (AvgIpc) is 3.64. The first-order valence-corrected chi connectivity index (χ1v) is 12.4. The number of sulfonamides is 1. The highest BCUT2D eigenvalue weighted by atomic mass is 35.5. The Kier molecular flexibility index (Phi) is 4.88. The maximum absolute atomic E-state index is 13.4. The maximum atomic E-state index is 13.4. The van der Waals surface area contributed by atoms with Gasteiger partial charge in [-0.1, -0.05) is 17.7 Å². The lowest BCUT2D eigenvalue weighted by Gasteiger charge is -2.37. The summed E-state index contributed by atoms with van der Waals surface area (Å²) in [5.74, 6) is -0.841. The number of carbonyl (C=O) groups is 1. The number of hydrogen-bond acceptors (Lipinski definition) is 5. The average molecular weight is 473 g/mol. The van der Waals surface area contributed by atoms with E-state index in [2.05, 4.69) is 4.72 Å². The van der Waals surface area contributed by atoms with Crippen molar-refractivity contribution in [1.29, 1.82) is 5.26 Å². The van der Waals surface area contributed by atoms with Gasteiger partial charge >= 0.3 is 5.97 Å². The summed E-state index contributed by atoms with van der Waals surface area (Å²) in [4.78, 5) is 11.4. The van der Waals surface area contributed by atoms with Crippen LogP contribution in [-0.2, 0) is 10.0 Å². The van der Waals surface area contributed by atoms with Crippen molar-refractivity contribution in [2.24, 2.45) is 5.41 Å². The molecule has 2 N–H and O–H groups in total. The first-order chi connectivity index (χ1) is 15.2. The van der Waals surface area contributed by atoms with Gasteiger partial charge in [-0.2, -0.15) is 5.26 Å². The van der Waals surface area contributed by atoms with Crippen molar-refractivity contribution in [3.8, 4) is 11.8 Å². The molecular formula is C23H21ClN2O5S. The highest BCUT2D eigenvalue weighted by molar-refractivity contribution is 7.92. The molecule has 0 saturated heterocycles. The predicted molar refractivity (Wildman–Crippen MR) is 118 cm³/mol. The Morgan fingerprint density at radius 2 is 1.94 bits per heavy atom. The van der Waals surface area contributed by atoms with Gasteiger partial charge in [0.25, 0.3) is 10.0 Å². The zero-order valence-electron chi connectivity index (χ0n) is 17.1. The van der Waals surface area contributed by atoms with Crippen molar-refractivity contribution in [3.05, 3.63) is 52.0 Å². The van der Waals surface area contributed by atoms with Crippen LogP contribution in [0.15, 0.2) is 35.2 Å². The molecule has 2 aromatic rings. The van der Waals surface area contributed by atoms with E-state index in [1.54, 1.807) is 6.07 Å². The molecule has 32 heavy (non-hydrogen) atoms. The fraction of sp³-hybridized carbons (Fsp3) is 0.391. The second-order valence-electron chi connectivity index (χ2n) is 8.89. The van der Waals surface area contributed by atoms with E-state index < -0.39 is 16.0 Å². The minimum absolute atomic E-state index is 0.00730. The Hall–Kier alpha value is -2.76. The van der Waals surface area contributed by atoms with Gasteiger partial charge in [0.15, 0.2) is 0 Å². The molecule has 9 heteroatoms. The van der Waals surface area contributed by atoms with Crippen molar-refractivity contribution >= 4 is 33.3 Å². The lowest BCUT2D eigenvalue weighted by atomic mass is 9.78. The third kappa shape index (κ3) is 3.70. The number of carboxylic acids is 1. The molecule has 0 aliphatic heterocycles. The van der Waals surface area contributed by atoms with E-state index in [-0.39, 0.29) is 49.9 Å². The second kappa shape index (κ2) is 7.39. The third-order valence-electron chi connectivity index (χ3n) is 6.75. The number of nitriles is 1. The summed E-state index contributed by atoms with van der Waals surface area (Å²) < 4.78 is 35.5. The molecule has 2 aromatic carbocycles. The van der Waals surface area contributed by atoms with Gasteiger partial charge in [-0.3, -0.25) is 4.72 Å². The second-order valence-corrected chi connectivity index (χ2v) is 10.9. The molecule has 3 aliphatic rings. The number of nitrogens with one attached hydrogen (secondary N) is 1. The molecule has 3 saturated carbocycles. The summed E-state index contributed by atoms with van der Waals surface area (Å²) >= 11 is 6.21. The number of nitrogens with zero attached hydrogens (tertiary/aromatic N) is 1. The van der Waals surface area contributed by atoms with Crippen LogP contribution in [0.5, 0.6) is 5.75 Å². The topological polar surface area (TPSA) is 116 Å². The number of ether oxygens (including phenoxy) is 1. The van der Waals surface area contributed by atoms with Crippen LogP contribution >= 0.6 is 11.6 Å². The van der Waals surface area contributed by atoms with Crippen LogP contribution in [0.2, 0.25) is 5.02 Å². The number of hydrogen-bond donors (Lipinski definition) is 2.